The van der Waals surface area contributed by atoms with Crippen LogP contribution in [0.25, 0.3) is 0 Å². The van der Waals surface area contributed by atoms with Crippen molar-refractivity contribution in [1.29, 1.82) is 0 Å². The Morgan fingerprint density at radius 2 is 1.94 bits per heavy atom. The second-order valence-electron chi connectivity index (χ2n) is 6.75. The maximum atomic E-state index is 6.16. The molecule has 16 heavy (non-hydrogen) atoms. The Labute approximate surface area is 100 Å². The molecule has 2 fully saturated rings. The molecule has 2 rings (SSSR count). The van der Waals surface area contributed by atoms with E-state index in [1.807, 2.05) is 0 Å². The lowest BCUT2D eigenvalue weighted by Gasteiger charge is -2.31. The van der Waals surface area contributed by atoms with Crippen molar-refractivity contribution in [3.8, 4) is 0 Å². The zero-order chi connectivity index (χ0) is 11.8. The van der Waals surface area contributed by atoms with Gasteiger partial charge in [-0.25, -0.2) is 0 Å². The maximum absolute atomic E-state index is 6.16. The highest BCUT2D eigenvalue weighted by molar-refractivity contribution is 4.96. The molecule has 2 unspecified atom stereocenters. The van der Waals surface area contributed by atoms with E-state index in [1.165, 1.54) is 38.6 Å². The van der Waals surface area contributed by atoms with Crippen molar-refractivity contribution < 1.29 is 4.74 Å². The third kappa shape index (κ3) is 2.78. The molecule has 2 heteroatoms. The third-order valence-electron chi connectivity index (χ3n) is 4.24. The molecule has 0 aromatic carbocycles. The van der Waals surface area contributed by atoms with Gasteiger partial charge in [0, 0.05) is 6.04 Å². The van der Waals surface area contributed by atoms with Gasteiger partial charge in [-0.3, -0.25) is 0 Å². The summed E-state index contributed by atoms with van der Waals surface area (Å²) in [6.07, 6.45) is 6.60. The van der Waals surface area contributed by atoms with Crippen LogP contribution in [0.2, 0.25) is 0 Å². The summed E-state index contributed by atoms with van der Waals surface area (Å²) in [5.74, 6) is 0.707. The second kappa shape index (κ2) is 4.30. The van der Waals surface area contributed by atoms with E-state index in [2.05, 4.69) is 33.0 Å². The molecule has 2 nitrogen and oxygen atoms in total. The number of hydrogen-bond acceptors (Lipinski definition) is 2. The van der Waals surface area contributed by atoms with Gasteiger partial charge in [-0.05, 0) is 65.8 Å². The van der Waals surface area contributed by atoms with Gasteiger partial charge in [-0.1, -0.05) is 6.42 Å². The van der Waals surface area contributed by atoms with Crippen LogP contribution in [0.3, 0.4) is 0 Å². The molecule has 1 N–H and O–H groups in total. The van der Waals surface area contributed by atoms with Crippen LogP contribution in [-0.2, 0) is 4.74 Å². The highest BCUT2D eigenvalue weighted by Gasteiger charge is 2.46. The average Bonchev–Trinajstić information content (AvgIpc) is 2.36. The van der Waals surface area contributed by atoms with Gasteiger partial charge in [0.25, 0.3) is 0 Å². The fourth-order valence-corrected chi connectivity index (χ4v) is 3.51. The first-order valence-corrected chi connectivity index (χ1v) is 6.83. The zero-order valence-corrected chi connectivity index (χ0v) is 11.3. The summed E-state index contributed by atoms with van der Waals surface area (Å²) in [6.45, 7) is 10.2. The van der Waals surface area contributed by atoms with Crippen LogP contribution in [0.15, 0.2) is 0 Å². The van der Waals surface area contributed by atoms with Gasteiger partial charge < -0.3 is 10.1 Å². The van der Waals surface area contributed by atoms with Crippen molar-refractivity contribution in [2.75, 3.05) is 6.54 Å². The summed E-state index contributed by atoms with van der Waals surface area (Å²) in [6, 6.07) is 0.732. The van der Waals surface area contributed by atoms with Crippen molar-refractivity contribution >= 4 is 0 Å². The minimum Gasteiger partial charge on any atom is -0.369 e. The Balaban J connectivity index is 1.93. The molecule has 0 amide bonds. The summed E-state index contributed by atoms with van der Waals surface area (Å²) in [7, 11) is 0. The van der Waals surface area contributed by atoms with Crippen LogP contribution in [0.1, 0.15) is 59.8 Å². The number of nitrogens with one attached hydrogen (secondary N) is 1. The zero-order valence-electron chi connectivity index (χ0n) is 11.3. The molecule has 0 radical (unpaired) electrons. The van der Waals surface area contributed by atoms with Gasteiger partial charge in [0.05, 0.1) is 11.2 Å². The molecule has 2 aliphatic heterocycles. The monoisotopic (exact) mass is 225 g/mol. The predicted octanol–water partition coefficient (Wildman–Crippen LogP) is 3.11. The van der Waals surface area contributed by atoms with E-state index in [4.69, 9.17) is 4.74 Å². The number of rotatable bonds is 2. The number of hydrogen-bond donors (Lipinski definition) is 1. The molecule has 2 aliphatic rings. The molecule has 2 atom stereocenters. The fraction of sp³-hybridized carbons (Fsp3) is 1.00. The van der Waals surface area contributed by atoms with Crippen LogP contribution in [-0.4, -0.2) is 23.8 Å². The Hall–Kier alpha value is -0.0800. The summed E-state index contributed by atoms with van der Waals surface area (Å²) < 4.78 is 6.16. The summed E-state index contributed by atoms with van der Waals surface area (Å²) in [5, 5.41) is 3.66. The fourth-order valence-electron chi connectivity index (χ4n) is 3.51. The molecule has 2 heterocycles. The lowest BCUT2D eigenvalue weighted by atomic mass is 9.81. The van der Waals surface area contributed by atoms with Crippen molar-refractivity contribution in [2.45, 2.75) is 77.0 Å². The van der Waals surface area contributed by atoms with Crippen molar-refractivity contribution in [1.82, 2.24) is 5.32 Å². The average molecular weight is 225 g/mol. The van der Waals surface area contributed by atoms with E-state index < -0.39 is 0 Å². The molecule has 2 saturated heterocycles. The van der Waals surface area contributed by atoms with E-state index in [0.29, 0.717) is 5.92 Å². The van der Waals surface area contributed by atoms with E-state index >= 15 is 0 Å². The van der Waals surface area contributed by atoms with Gasteiger partial charge >= 0.3 is 0 Å². The lowest BCUT2D eigenvalue weighted by Crippen LogP contribution is -2.39. The summed E-state index contributed by atoms with van der Waals surface area (Å²) in [4.78, 5) is 0. The van der Waals surface area contributed by atoms with Gasteiger partial charge in [0.1, 0.15) is 0 Å². The first-order chi connectivity index (χ1) is 7.39. The highest BCUT2D eigenvalue weighted by Crippen LogP contribution is 2.44. The normalized spacial score (nSPS) is 37.5. The molecule has 0 aromatic heterocycles. The van der Waals surface area contributed by atoms with Crippen molar-refractivity contribution in [2.24, 2.45) is 5.92 Å². The van der Waals surface area contributed by atoms with Gasteiger partial charge in [-0.15, -0.1) is 0 Å². The number of ether oxygens (including phenoxy) is 1. The quantitative estimate of drug-likeness (QED) is 0.779. The van der Waals surface area contributed by atoms with Crippen LogP contribution in [0.5, 0.6) is 0 Å². The van der Waals surface area contributed by atoms with Crippen molar-refractivity contribution in [3.63, 3.8) is 0 Å². The smallest absolute Gasteiger partial charge is 0.0663 e. The molecular formula is C14H27NO. The third-order valence-corrected chi connectivity index (χ3v) is 4.24. The predicted molar refractivity (Wildman–Crippen MR) is 67.6 cm³/mol. The van der Waals surface area contributed by atoms with E-state index in [1.54, 1.807) is 0 Å². The summed E-state index contributed by atoms with van der Waals surface area (Å²) in [5.41, 5.74) is 0.130. The Kier molecular flexibility index (Phi) is 3.33. The first kappa shape index (κ1) is 12.4. The first-order valence-electron chi connectivity index (χ1n) is 6.83. The lowest BCUT2D eigenvalue weighted by molar-refractivity contribution is -0.0760. The SMILES string of the molecule is CC1(C)CC(CC2CCCCN2)C(C)(C)O1. The minimum atomic E-state index is 0.0582. The topological polar surface area (TPSA) is 21.3 Å². The molecule has 0 spiro atoms. The Morgan fingerprint density at radius 1 is 1.19 bits per heavy atom. The van der Waals surface area contributed by atoms with Crippen LogP contribution >= 0.6 is 0 Å². The summed E-state index contributed by atoms with van der Waals surface area (Å²) >= 11 is 0. The van der Waals surface area contributed by atoms with E-state index in [0.717, 1.165) is 6.04 Å². The molecule has 0 aliphatic carbocycles. The van der Waals surface area contributed by atoms with Gasteiger partial charge in [-0.2, -0.15) is 0 Å². The number of piperidine rings is 1. The Bertz CT molecular complexity index is 241. The van der Waals surface area contributed by atoms with Crippen LogP contribution < -0.4 is 5.32 Å². The van der Waals surface area contributed by atoms with E-state index in [-0.39, 0.29) is 11.2 Å². The van der Waals surface area contributed by atoms with Gasteiger partial charge in [0.2, 0.25) is 0 Å². The second-order valence-corrected chi connectivity index (χ2v) is 6.75. The Morgan fingerprint density at radius 3 is 2.44 bits per heavy atom. The minimum absolute atomic E-state index is 0.0582. The standard InChI is InChI=1S/C14H27NO/c1-13(2)10-11(14(3,4)16-13)9-12-7-5-6-8-15-12/h11-12,15H,5-10H2,1-4H3. The molecular weight excluding hydrogens is 198 g/mol. The molecule has 0 aromatic rings. The molecule has 94 valence electrons. The largest absolute Gasteiger partial charge is 0.369 e. The molecule has 0 bridgehead atoms. The van der Waals surface area contributed by atoms with Crippen LogP contribution in [0.4, 0.5) is 0 Å². The highest BCUT2D eigenvalue weighted by atomic mass is 16.5. The van der Waals surface area contributed by atoms with E-state index in [9.17, 15) is 0 Å². The van der Waals surface area contributed by atoms with Gasteiger partial charge in [0.15, 0.2) is 0 Å². The molecule has 0 saturated carbocycles. The van der Waals surface area contributed by atoms with Crippen LogP contribution in [0, 0.1) is 5.92 Å². The maximum Gasteiger partial charge on any atom is 0.0663 e. The van der Waals surface area contributed by atoms with Crippen molar-refractivity contribution in [3.05, 3.63) is 0 Å².